The highest BCUT2D eigenvalue weighted by atomic mass is 28.4. The standard InChI is InChI=1S/C23H44O6Si2/c1-6-13-26-28-22-16-18(7-9-20(22)24)11-14-30(3,4)29-31(5,25-2)15-12-19-8-10-21-23(17-19)27-21/h6,18-24H,1,7-17H2,2-5H3. The molecule has 1 saturated heterocycles. The van der Waals surface area contributed by atoms with Crippen LogP contribution in [-0.4, -0.2) is 60.1 Å². The predicted molar refractivity (Wildman–Crippen MR) is 126 cm³/mol. The highest BCUT2D eigenvalue weighted by Gasteiger charge is 2.45. The van der Waals surface area contributed by atoms with Gasteiger partial charge in [0, 0.05) is 7.11 Å². The normalized spacial score (nSPS) is 35.3. The number of aliphatic hydroxyl groups is 1. The highest BCUT2D eigenvalue weighted by molar-refractivity contribution is 6.82. The van der Waals surface area contributed by atoms with Crippen molar-refractivity contribution in [2.24, 2.45) is 11.8 Å². The van der Waals surface area contributed by atoms with E-state index in [1.165, 1.54) is 25.7 Å². The van der Waals surface area contributed by atoms with E-state index in [2.05, 4.69) is 26.2 Å². The number of fused-ring (bicyclic) bond motifs is 1. The molecule has 0 radical (unpaired) electrons. The van der Waals surface area contributed by atoms with E-state index in [9.17, 15) is 5.11 Å². The van der Waals surface area contributed by atoms with Crippen molar-refractivity contribution in [2.45, 2.75) is 108 Å². The van der Waals surface area contributed by atoms with E-state index in [1.807, 2.05) is 7.11 Å². The van der Waals surface area contributed by atoms with Gasteiger partial charge in [0.05, 0.1) is 18.3 Å². The zero-order chi connectivity index (χ0) is 22.5. The molecule has 8 heteroatoms. The Morgan fingerprint density at radius 3 is 2.42 bits per heavy atom. The molecule has 1 aliphatic heterocycles. The minimum Gasteiger partial charge on any atom is -0.436 e. The van der Waals surface area contributed by atoms with Gasteiger partial charge in [-0.25, -0.2) is 9.78 Å². The summed E-state index contributed by atoms with van der Waals surface area (Å²) in [4.78, 5) is 10.6. The predicted octanol–water partition coefficient (Wildman–Crippen LogP) is 4.94. The van der Waals surface area contributed by atoms with Crippen LogP contribution in [0.5, 0.6) is 0 Å². The SMILES string of the molecule is C=CCOOC1CC(CC[Si](C)(C)O[Si](C)(CCC2CCC3OC3C2)OC)CCC1O. The largest absolute Gasteiger partial charge is 0.436 e. The summed E-state index contributed by atoms with van der Waals surface area (Å²) >= 11 is 0. The molecule has 1 heterocycles. The van der Waals surface area contributed by atoms with E-state index >= 15 is 0 Å². The number of rotatable bonds is 13. The molecule has 6 nitrogen and oxygen atoms in total. The summed E-state index contributed by atoms with van der Waals surface area (Å²) in [6, 6.07) is 2.19. The van der Waals surface area contributed by atoms with Crippen LogP contribution in [0.25, 0.3) is 0 Å². The van der Waals surface area contributed by atoms with Gasteiger partial charge in [-0.1, -0.05) is 12.5 Å². The second kappa shape index (κ2) is 11.4. The van der Waals surface area contributed by atoms with Gasteiger partial charge >= 0.3 is 8.56 Å². The fraction of sp³-hybridized carbons (Fsp3) is 0.913. The summed E-state index contributed by atoms with van der Waals surface area (Å²) in [6.45, 7) is 10.9. The number of aliphatic hydroxyl groups excluding tert-OH is 1. The van der Waals surface area contributed by atoms with Crippen LogP contribution in [0.3, 0.4) is 0 Å². The molecular weight excluding hydrogens is 428 g/mol. The minimum absolute atomic E-state index is 0.242. The highest BCUT2D eigenvalue weighted by Crippen LogP contribution is 2.42. The first kappa shape index (κ1) is 25.6. The summed E-state index contributed by atoms with van der Waals surface area (Å²) in [5, 5.41) is 10.2. The third-order valence-electron chi connectivity index (χ3n) is 7.44. The molecule has 31 heavy (non-hydrogen) atoms. The third-order valence-corrected chi connectivity index (χ3v) is 14.9. The van der Waals surface area contributed by atoms with Crippen molar-refractivity contribution in [3.8, 4) is 0 Å². The first-order valence-corrected chi connectivity index (χ1v) is 17.9. The van der Waals surface area contributed by atoms with Crippen molar-refractivity contribution in [1.29, 1.82) is 0 Å². The molecule has 7 unspecified atom stereocenters. The Balaban J connectivity index is 1.42. The average molecular weight is 473 g/mol. The third kappa shape index (κ3) is 8.03. The summed E-state index contributed by atoms with van der Waals surface area (Å²) in [5.41, 5.74) is 0. The fourth-order valence-electron chi connectivity index (χ4n) is 5.33. The van der Waals surface area contributed by atoms with Crippen molar-refractivity contribution in [3.63, 3.8) is 0 Å². The Bertz CT molecular complexity index is 576. The van der Waals surface area contributed by atoms with E-state index in [0.717, 1.165) is 43.7 Å². The molecule has 0 spiro atoms. The maximum Gasteiger partial charge on any atom is 0.324 e. The topological polar surface area (TPSA) is 69.7 Å². The molecule has 0 aromatic heterocycles. The number of hydrogen-bond acceptors (Lipinski definition) is 6. The van der Waals surface area contributed by atoms with Crippen LogP contribution >= 0.6 is 0 Å². The lowest BCUT2D eigenvalue weighted by molar-refractivity contribution is -0.338. The van der Waals surface area contributed by atoms with E-state index in [1.54, 1.807) is 6.08 Å². The minimum atomic E-state index is -2.16. The van der Waals surface area contributed by atoms with Gasteiger partial charge in [0.15, 0.2) is 8.32 Å². The van der Waals surface area contributed by atoms with Crippen LogP contribution in [-0.2, 0) is 23.1 Å². The zero-order valence-electron chi connectivity index (χ0n) is 20.0. The molecule has 2 aliphatic carbocycles. The molecule has 1 N–H and O–H groups in total. The lowest BCUT2D eigenvalue weighted by atomic mass is 9.84. The maximum atomic E-state index is 10.2. The smallest absolute Gasteiger partial charge is 0.324 e. The quantitative estimate of drug-likeness (QED) is 0.102. The van der Waals surface area contributed by atoms with Gasteiger partial charge in [0.2, 0.25) is 0 Å². The Labute approximate surface area is 190 Å². The molecule has 3 rings (SSSR count). The lowest BCUT2D eigenvalue weighted by Gasteiger charge is -2.37. The first-order valence-electron chi connectivity index (χ1n) is 12.2. The summed E-state index contributed by atoms with van der Waals surface area (Å²) in [5.74, 6) is 1.31. The van der Waals surface area contributed by atoms with Crippen LogP contribution in [0, 0.1) is 11.8 Å². The van der Waals surface area contributed by atoms with Crippen molar-refractivity contribution >= 4 is 16.9 Å². The molecule has 7 atom stereocenters. The fourth-order valence-corrected chi connectivity index (χ4v) is 13.4. The molecule has 0 amide bonds. The van der Waals surface area contributed by atoms with Crippen LogP contribution < -0.4 is 0 Å². The maximum absolute atomic E-state index is 10.2. The zero-order valence-corrected chi connectivity index (χ0v) is 22.0. The monoisotopic (exact) mass is 472 g/mol. The first-order chi connectivity index (χ1) is 14.7. The van der Waals surface area contributed by atoms with Crippen LogP contribution in [0.15, 0.2) is 12.7 Å². The van der Waals surface area contributed by atoms with Gasteiger partial charge in [-0.2, -0.15) is 0 Å². The molecule has 0 bridgehead atoms. The van der Waals surface area contributed by atoms with Gasteiger partial charge in [0.1, 0.15) is 12.7 Å². The van der Waals surface area contributed by atoms with E-state index < -0.39 is 23.0 Å². The molecule has 3 fully saturated rings. The second-order valence-electron chi connectivity index (χ2n) is 10.6. The van der Waals surface area contributed by atoms with E-state index in [0.29, 0.717) is 24.7 Å². The number of hydrogen-bond donors (Lipinski definition) is 1. The Kier molecular flexibility index (Phi) is 9.38. The Morgan fingerprint density at radius 2 is 1.71 bits per heavy atom. The van der Waals surface area contributed by atoms with Crippen molar-refractivity contribution < 1.29 is 28.2 Å². The van der Waals surface area contributed by atoms with Crippen molar-refractivity contribution in [2.75, 3.05) is 13.7 Å². The number of ether oxygens (including phenoxy) is 1. The number of epoxide rings is 1. The molecule has 2 saturated carbocycles. The second-order valence-corrected chi connectivity index (χ2v) is 18.6. The molecule has 0 aromatic rings. The molecular formula is C23H44O6Si2. The van der Waals surface area contributed by atoms with Gasteiger partial charge in [0.25, 0.3) is 0 Å². The van der Waals surface area contributed by atoms with Crippen LogP contribution in [0.4, 0.5) is 0 Å². The lowest BCUT2D eigenvalue weighted by Crippen LogP contribution is -2.48. The molecule has 180 valence electrons. The molecule has 3 aliphatic rings. The summed E-state index contributed by atoms with van der Waals surface area (Å²) in [7, 11) is -2.16. The van der Waals surface area contributed by atoms with Crippen LogP contribution in [0.2, 0.25) is 31.7 Å². The van der Waals surface area contributed by atoms with Gasteiger partial charge in [-0.05, 0) is 88.5 Å². The van der Waals surface area contributed by atoms with E-state index in [-0.39, 0.29) is 6.10 Å². The van der Waals surface area contributed by atoms with Crippen LogP contribution in [0.1, 0.15) is 51.4 Å². The van der Waals surface area contributed by atoms with E-state index in [4.69, 9.17) is 23.1 Å². The Morgan fingerprint density at radius 1 is 1.00 bits per heavy atom. The van der Waals surface area contributed by atoms with Crippen molar-refractivity contribution in [3.05, 3.63) is 12.7 Å². The van der Waals surface area contributed by atoms with Gasteiger partial charge in [-0.15, -0.1) is 6.58 Å². The average Bonchev–Trinajstić information content (AvgIpc) is 3.51. The Hall–Kier alpha value is -0.0662. The summed E-state index contributed by atoms with van der Waals surface area (Å²) < 4.78 is 18.5. The van der Waals surface area contributed by atoms with Crippen molar-refractivity contribution in [1.82, 2.24) is 0 Å². The molecule has 0 aromatic carbocycles. The summed E-state index contributed by atoms with van der Waals surface area (Å²) in [6.07, 6.45) is 10.8. The van der Waals surface area contributed by atoms with Gasteiger partial charge in [-0.3, -0.25) is 0 Å². The van der Waals surface area contributed by atoms with Gasteiger partial charge < -0.3 is 18.4 Å².